The number of likely N-dealkylation sites (tertiary alicyclic amines) is 1. The summed E-state index contributed by atoms with van der Waals surface area (Å²) in [7, 11) is 1.94. The van der Waals surface area contributed by atoms with Gasteiger partial charge in [0.25, 0.3) is 0 Å². The Morgan fingerprint density at radius 2 is 1.80 bits per heavy atom. The van der Waals surface area contributed by atoms with Crippen LogP contribution in [0.3, 0.4) is 0 Å². The van der Waals surface area contributed by atoms with Gasteiger partial charge < -0.3 is 10.2 Å². The maximum absolute atomic E-state index is 12.3. The number of carbonyl (C=O) groups is 1. The molecular formula is C12H22N2O. The molecule has 1 heterocycles. The molecule has 0 unspecified atom stereocenters. The van der Waals surface area contributed by atoms with Crippen molar-refractivity contribution in [2.45, 2.75) is 38.5 Å². The third kappa shape index (κ3) is 2.33. The SMILES string of the molecule is CNCC1(C(=O)N2CCCCCC2)CC1. The Kier molecular flexibility index (Phi) is 3.29. The molecule has 1 aliphatic carbocycles. The number of rotatable bonds is 3. The highest BCUT2D eigenvalue weighted by molar-refractivity contribution is 5.85. The van der Waals surface area contributed by atoms with Gasteiger partial charge >= 0.3 is 0 Å². The Hall–Kier alpha value is -0.570. The van der Waals surface area contributed by atoms with E-state index in [0.717, 1.165) is 32.5 Å². The van der Waals surface area contributed by atoms with Gasteiger partial charge in [-0.05, 0) is 32.7 Å². The summed E-state index contributed by atoms with van der Waals surface area (Å²) in [5.41, 5.74) is -0.0148. The van der Waals surface area contributed by atoms with Crippen LogP contribution in [-0.2, 0) is 4.79 Å². The summed E-state index contributed by atoms with van der Waals surface area (Å²) < 4.78 is 0. The summed E-state index contributed by atoms with van der Waals surface area (Å²) in [5, 5.41) is 3.16. The second-order valence-corrected chi connectivity index (χ2v) is 5.02. The smallest absolute Gasteiger partial charge is 0.230 e. The Balaban J connectivity index is 1.94. The largest absolute Gasteiger partial charge is 0.342 e. The third-order valence-corrected chi connectivity index (χ3v) is 3.72. The predicted molar refractivity (Wildman–Crippen MR) is 60.6 cm³/mol. The normalized spacial score (nSPS) is 24.7. The van der Waals surface area contributed by atoms with E-state index >= 15 is 0 Å². The average molecular weight is 210 g/mol. The van der Waals surface area contributed by atoms with Crippen molar-refractivity contribution >= 4 is 5.91 Å². The van der Waals surface area contributed by atoms with Crippen LogP contribution in [0.1, 0.15) is 38.5 Å². The zero-order valence-electron chi connectivity index (χ0n) is 9.72. The molecule has 0 radical (unpaired) electrons. The Morgan fingerprint density at radius 3 is 2.27 bits per heavy atom. The van der Waals surface area contributed by atoms with Crippen LogP contribution in [0.4, 0.5) is 0 Å². The van der Waals surface area contributed by atoms with Crippen LogP contribution in [0.25, 0.3) is 0 Å². The number of nitrogens with zero attached hydrogens (tertiary/aromatic N) is 1. The first-order valence-electron chi connectivity index (χ1n) is 6.22. The molecule has 2 rings (SSSR count). The second kappa shape index (κ2) is 4.52. The molecule has 0 aromatic heterocycles. The molecule has 0 aromatic rings. The van der Waals surface area contributed by atoms with Crippen LogP contribution in [0.5, 0.6) is 0 Å². The molecule has 2 aliphatic rings. The molecule has 1 saturated heterocycles. The zero-order valence-corrected chi connectivity index (χ0v) is 9.72. The molecule has 0 spiro atoms. The van der Waals surface area contributed by atoms with Gasteiger partial charge in [0.1, 0.15) is 0 Å². The molecule has 1 amide bonds. The zero-order chi connectivity index (χ0) is 10.7. The first kappa shape index (κ1) is 10.9. The number of nitrogens with one attached hydrogen (secondary N) is 1. The Bertz CT molecular complexity index is 228. The highest BCUT2D eigenvalue weighted by atomic mass is 16.2. The van der Waals surface area contributed by atoms with Crippen LogP contribution >= 0.6 is 0 Å². The molecule has 1 aliphatic heterocycles. The first-order valence-corrected chi connectivity index (χ1v) is 6.22. The fourth-order valence-electron chi connectivity index (χ4n) is 2.56. The Labute approximate surface area is 92.2 Å². The molecule has 15 heavy (non-hydrogen) atoms. The fourth-order valence-corrected chi connectivity index (χ4v) is 2.56. The summed E-state index contributed by atoms with van der Waals surface area (Å²) >= 11 is 0. The quantitative estimate of drug-likeness (QED) is 0.763. The standard InChI is InChI=1S/C12H22N2O/c1-13-10-12(6-7-12)11(15)14-8-4-2-3-5-9-14/h13H,2-10H2,1H3. The van der Waals surface area contributed by atoms with Crippen molar-refractivity contribution in [1.82, 2.24) is 10.2 Å². The number of hydrogen-bond acceptors (Lipinski definition) is 2. The monoisotopic (exact) mass is 210 g/mol. The number of carbonyl (C=O) groups excluding carboxylic acids is 1. The van der Waals surface area contributed by atoms with Crippen molar-refractivity contribution in [3.63, 3.8) is 0 Å². The van der Waals surface area contributed by atoms with Gasteiger partial charge in [0.05, 0.1) is 5.41 Å². The molecule has 0 aromatic carbocycles. The number of amides is 1. The van der Waals surface area contributed by atoms with Crippen LogP contribution in [0.2, 0.25) is 0 Å². The fraction of sp³-hybridized carbons (Fsp3) is 0.917. The van der Waals surface area contributed by atoms with E-state index in [0.29, 0.717) is 5.91 Å². The lowest BCUT2D eigenvalue weighted by atomic mass is 10.1. The summed E-state index contributed by atoms with van der Waals surface area (Å²) in [4.78, 5) is 14.4. The van der Waals surface area contributed by atoms with Gasteiger partial charge in [-0.3, -0.25) is 4.79 Å². The molecule has 86 valence electrons. The maximum atomic E-state index is 12.3. The topological polar surface area (TPSA) is 32.3 Å². The van der Waals surface area contributed by atoms with Gasteiger partial charge in [-0.15, -0.1) is 0 Å². The van der Waals surface area contributed by atoms with Crippen molar-refractivity contribution in [2.75, 3.05) is 26.7 Å². The molecule has 3 nitrogen and oxygen atoms in total. The van der Waals surface area contributed by atoms with Gasteiger partial charge in [-0.2, -0.15) is 0 Å². The van der Waals surface area contributed by atoms with Gasteiger partial charge in [0.2, 0.25) is 5.91 Å². The van der Waals surface area contributed by atoms with Crippen LogP contribution in [-0.4, -0.2) is 37.5 Å². The molecule has 2 fully saturated rings. The predicted octanol–water partition coefficient (Wildman–Crippen LogP) is 1.39. The van der Waals surface area contributed by atoms with Crippen molar-refractivity contribution in [3.8, 4) is 0 Å². The molecule has 1 N–H and O–H groups in total. The van der Waals surface area contributed by atoms with Crippen LogP contribution in [0, 0.1) is 5.41 Å². The lowest BCUT2D eigenvalue weighted by molar-refractivity contribution is -0.136. The lowest BCUT2D eigenvalue weighted by Gasteiger charge is -2.25. The van der Waals surface area contributed by atoms with Crippen molar-refractivity contribution in [1.29, 1.82) is 0 Å². The number of hydrogen-bond donors (Lipinski definition) is 1. The first-order chi connectivity index (χ1) is 7.28. The van der Waals surface area contributed by atoms with E-state index in [1.807, 2.05) is 7.05 Å². The van der Waals surface area contributed by atoms with Crippen LogP contribution in [0.15, 0.2) is 0 Å². The highest BCUT2D eigenvalue weighted by Crippen LogP contribution is 2.46. The minimum Gasteiger partial charge on any atom is -0.342 e. The summed E-state index contributed by atoms with van der Waals surface area (Å²) in [6.07, 6.45) is 7.15. The summed E-state index contributed by atoms with van der Waals surface area (Å²) in [6.45, 7) is 2.84. The third-order valence-electron chi connectivity index (χ3n) is 3.72. The maximum Gasteiger partial charge on any atom is 0.230 e. The molecule has 0 bridgehead atoms. The van der Waals surface area contributed by atoms with Crippen molar-refractivity contribution in [2.24, 2.45) is 5.41 Å². The van der Waals surface area contributed by atoms with E-state index in [1.54, 1.807) is 0 Å². The molecule has 1 saturated carbocycles. The Morgan fingerprint density at radius 1 is 1.20 bits per heavy atom. The minimum atomic E-state index is -0.0148. The van der Waals surface area contributed by atoms with Gasteiger partial charge in [0, 0.05) is 19.6 Å². The average Bonchev–Trinajstić information content (AvgIpc) is 3.01. The molecule has 0 atom stereocenters. The van der Waals surface area contributed by atoms with E-state index in [9.17, 15) is 4.79 Å². The lowest BCUT2D eigenvalue weighted by Crippen LogP contribution is -2.41. The van der Waals surface area contributed by atoms with Crippen LogP contribution < -0.4 is 5.32 Å². The van der Waals surface area contributed by atoms with Crippen molar-refractivity contribution < 1.29 is 4.79 Å². The highest BCUT2D eigenvalue weighted by Gasteiger charge is 2.50. The van der Waals surface area contributed by atoms with E-state index in [1.165, 1.54) is 25.7 Å². The van der Waals surface area contributed by atoms with E-state index < -0.39 is 0 Å². The van der Waals surface area contributed by atoms with Gasteiger partial charge in [0.15, 0.2) is 0 Å². The summed E-state index contributed by atoms with van der Waals surface area (Å²) in [5.74, 6) is 0.416. The van der Waals surface area contributed by atoms with E-state index in [2.05, 4.69) is 10.2 Å². The van der Waals surface area contributed by atoms with Gasteiger partial charge in [-0.1, -0.05) is 12.8 Å². The molecule has 3 heteroatoms. The van der Waals surface area contributed by atoms with Gasteiger partial charge in [-0.25, -0.2) is 0 Å². The van der Waals surface area contributed by atoms with E-state index in [-0.39, 0.29) is 5.41 Å². The molecular weight excluding hydrogens is 188 g/mol. The summed E-state index contributed by atoms with van der Waals surface area (Å²) in [6, 6.07) is 0. The second-order valence-electron chi connectivity index (χ2n) is 5.02. The minimum absolute atomic E-state index is 0.0148. The van der Waals surface area contributed by atoms with Crippen molar-refractivity contribution in [3.05, 3.63) is 0 Å². The van der Waals surface area contributed by atoms with E-state index in [4.69, 9.17) is 0 Å².